The molecule has 0 saturated heterocycles. The van der Waals surface area contributed by atoms with Crippen LogP contribution in [0.3, 0.4) is 0 Å². The molecule has 1 nitrogen and oxygen atoms in total. The van der Waals surface area contributed by atoms with Crippen molar-refractivity contribution in [3.8, 4) is 0 Å². The van der Waals surface area contributed by atoms with Gasteiger partial charge in [0.25, 0.3) is 0 Å². The van der Waals surface area contributed by atoms with Crippen LogP contribution in [0.5, 0.6) is 0 Å². The fourth-order valence-electron chi connectivity index (χ4n) is 2.51. The predicted molar refractivity (Wildman–Crippen MR) is 88.1 cm³/mol. The van der Waals surface area contributed by atoms with Crippen LogP contribution in [0, 0.1) is 0 Å². The Hall–Kier alpha value is -0.340. The fraction of sp³-hybridized carbons (Fsp3) is 0.765. The summed E-state index contributed by atoms with van der Waals surface area (Å²) >= 11 is 1.98. The van der Waals surface area contributed by atoms with Gasteiger partial charge in [-0.25, -0.2) is 0 Å². The van der Waals surface area contributed by atoms with Gasteiger partial charge < -0.3 is 5.32 Å². The molecule has 1 aromatic heterocycles. The third kappa shape index (κ3) is 6.58. The van der Waals surface area contributed by atoms with E-state index in [0.29, 0.717) is 6.04 Å². The molecule has 0 aliphatic carbocycles. The zero-order valence-corrected chi connectivity index (χ0v) is 13.8. The van der Waals surface area contributed by atoms with E-state index in [0.717, 1.165) is 0 Å². The van der Waals surface area contributed by atoms with Crippen LogP contribution in [0.15, 0.2) is 12.1 Å². The second kappa shape index (κ2) is 10.4. The highest BCUT2D eigenvalue weighted by molar-refractivity contribution is 7.12. The maximum Gasteiger partial charge on any atom is 0.0412 e. The van der Waals surface area contributed by atoms with E-state index in [2.05, 4.69) is 38.3 Å². The summed E-state index contributed by atoms with van der Waals surface area (Å²) in [6.45, 7) is 4.52. The van der Waals surface area contributed by atoms with Crippen molar-refractivity contribution in [1.82, 2.24) is 5.32 Å². The third-order valence-electron chi connectivity index (χ3n) is 3.82. The molecule has 0 aliphatic heterocycles. The standard InChI is InChI=1S/C17H31NS/c1-4-6-7-8-9-10-11-12-16(18-3)17-14-13-15(5-2)19-17/h13-14,16,18H,4-12H2,1-3H3. The van der Waals surface area contributed by atoms with E-state index in [-0.39, 0.29) is 0 Å². The minimum Gasteiger partial charge on any atom is -0.312 e. The summed E-state index contributed by atoms with van der Waals surface area (Å²) in [4.78, 5) is 3.03. The molecule has 0 amide bonds. The molecule has 1 unspecified atom stereocenters. The van der Waals surface area contributed by atoms with Gasteiger partial charge in [0.2, 0.25) is 0 Å². The van der Waals surface area contributed by atoms with Crippen molar-refractivity contribution < 1.29 is 0 Å². The van der Waals surface area contributed by atoms with Crippen LogP contribution in [0.1, 0.15) is 81.0 Å². The van der Waals surface area contributed by atoms with Gasteiger partial charge in [0.15, 0.2) is 0 Å². The van der Waals surface area contributed by atoms with E-state index in [1.165, 1.54) is 67.5 Å². The predicted octanol–water partition coefficient (Wildman–Crippen LogP) is 5.71. The Bertz CT molecular complexity index is 319. The molecule has 19 heavy (non-hydrogen) atoms. The Morgan fingerprint density at radius 3 is 2.26 bits per heavy atom. The van der Waals surface area contributed by atoms with Crippen molar-refractivity contribution in [2.75, 3.05) is 7.05 Å². The quantitative estimate of drug-likeness (QED) is 0.512. The van der Waals surface area contributed by atoms with E-state index in [1.54, 1.807) is 0 Å². The van der Waals surface area contributed by atoms with E-state index in [1.807, 2.05) is 11.3 Å². The second-order valence-electron chi connectivity index (χ2n) is 5.41. The molecule has 1 N–H and O–H groups in total. The summed E-state index contributed by atoms with van der Waals surface area (Å²) in [5, 5.41) is 3.48. The highest BCUT2D eigenvalue weighted by Gasteiger charge is 2.10. The minimum atomic E-state index is 0.570. The fourth-order valence-corrected chi connectivity index (χ4v) is 3.60. The van der Waals surface area contributed by atoms with Crippen molar-refractivity contribution in [2.45, 2.75) is 77.7 Å². The highest BCUT2D eigenvalue weighted by Crippen LogP contribution is 2.27. The van der Waals surface area contributed by atoms with Gasteiger partial charge in [-0.2, -0.15) is 0 Å². The van der Waals surface area contributed by atoms with Gasteiger partial charge in [0.05, 0.1) is 0 Å². The molecule has 1 aromatic rings. The van der Waals surface area contributed by atoms with E-state index in [4.69, 9.17) is 0 Å². The molecule has 0 aliphatic rings. The van der Waals surface area contributed by atoms with Gasteiger partial charge in [-0.1, -0.05) is 58.8 Å². The smallest absolute Gasteiger partial charge is 0.0412 e. The Morgan fingerprint density at radius 2 is 1.68 bits per heavy atom. The molecule has 0 radical (unpaired) electrons. The lowest BCUT2D eigenvalue weighted by molar-refractivity contribution is 0.501. The van der Waals surface area contributed by atoms with Gasteiger partial charge in [0, 0.05) is 15.8 Å². The average molecular weight is 282 g/mol. The lowest BCUT2D eigenvalue weighted by Gasteiger charge is -2.14. The zero-order valence-electron chi connectivity index (χ0n) is 13.0. The Labute approximate surface area is 123 Å². The summed E-state index contributed by atoms with van der Waals surface area (Å²) < 4.78 is 0. The van der Waals surface area contributed by atoms with Crippen molar-refractivity contribution in [3.05, 3.63) is 21.9 Å². The molecular weight excluding hydrogens is 250 g/mol. The maximum atomic E-state index is 3.48. The number of hydrogen-bond donors (Lipinski definition) is 1. The zero-order chi connectivity index (χ0) is 13.9. The lowest BCUT2D eigenvalue weighted by Crippen LogP contribution is -2.14. The van der Waals surface area contributed by atoms with Crippen molar-refractivity contribution >= 4 is 11.3 Å². The summed E-state index contributed by atoms with van der Waals surface area (Å²) in [5.41, 5.74) is 0. The SMILES string of the molecule is CCCCCCCCCC(NC)c1ccc(CC)s1. The number of unbranched alkanes of at least 4 members (excludes halogenated alkanes) is 6. The molecule has 1 atom stereocenters. The monoisotopic (exact) mass is 281 g/mol. The summed E-state index contributed by atoms with van der Waals surface area (Å²) in [6.07, 6.45) is 12.2. The van der Waals surface area contributed by atoms with Crippen LogP contribution in [0.4, 0.5) is 0 Å². The number of thiophene rings is 1. The minimum absolute atomic E-state index is 0.570. The van der Waals surface area contributed by atoms with E-state index >= 15 is 0 Å². The molecule has 1 rings (SSSR count). The molecule has 0 bridgehead atoms. The first-order valence-electron chi connectivity index (χ1n) is 8.07. The second-order valence-corrected chi connectivity index (χ2v) is 6.61. The van der Waals surface area contributed by atoms with Crippen LogP contribution >= 0.6 is 11.3 Å². The summed E-state index contributed by atoms with van der Waals surface area (Å²) in [5.74, 6) is 0. The van der Waals surface area contributed by atoms with Crippen molar-refractivity contribution in [3.63, 3.8) is 0 Å². The number of rotatable bonds is 11. The Morgan fingerprint density at radius 1 is 1.00 bits per heavy atom. The van der Waals surface area contributed by atoms with Crippen molar-refractivity contribution in [1.29, 1.82) is 0 Å². The molecule has 1 heterocycles. The molecule has 110 valence electrons. The Kier molecular flexibility index (Phi) is 9.19. The number of aryl methyl sites for hydroxylation is 1. The van der Waals surface area contributed by atoms with Crippen LogP contribution in [-0.2, 0) is 6.42 Å². The molecule has 0 aromatic carbocycles. The lowest BCUT2D eigenvalue weighted by atomic mass is 10.0. The molecule has 0 spiro atoms. The molecule has 0 fully saturated rings. The van der Waals surface area contributed by atoms with Gasteiger partial charge in [-0.3, -0.25) is 0 Å². The summed E-state index contributed by atoms with van der Waals surface area (Å²) in [7, 11) is 2.09. The highest BCUT2D eigenvalue weighted by atomic mass is 32.1. The first-order valence-corrected chi connectivity index (χ1v) is 8.89. The largest absolute Gasteiger partial charge is 0.312 e. The molecular formula is C17H31NS. The Balaban J connectivity index is 2.18. The topological polar surface area (TPSA) is 12.0 Å². The van der Waals surface area contributed by atoms with Crippen LogP contribution < -0.4 is 5.32 Å². The first-order chi connectivity index (χ1) is 9.31. The number of nitrogens with one attached hydrogen (secondary N) is 1. The number of hydrogen-bond acceptors (Lipinski definition) is 2. The van der Waals surface area contributed by atoms with E-state index < -0.39 is 0 Å². The van der Waals surface area contributed by atoms with Gasteiger partial charge >= 0.3 is 0 Å². The molecule has 2 heteroatoms. The molecule has 0 saturated carbocycles. The summed E-state index contributed by atoms with van der Waals surface area (Å²) in [6, 6.07) is 5.17. The van der Waals surface area contributed by atoms with Crippen LogP contribution in [0.25, 0.3) is 0 Å². The van der Waals surface area contributed by atoms with Gasteiger partial charge in [-0.05, 0) is 32.0 Å². The van der Waals surface area contributed by atoms with Gasteiger partial charge in [-0.15, -0.1) is 11.3 Å². The maximum absolute atomic E-state index is 3.48. The van der Waals surface area contributed by atoms with Crippen molar-refractivity contribution in [2.24, 2.45) is 0 Å². The first kappa shape index (κ1) is 16.7. The van der Waals surface area contributed by atoms with Gasteiger partial charge in [0.1, 0.15) is 0 Å². The normalized spacial score (nSPS) is 12.8. The third-order valence-corrected chi connectivity index (χ3v) is 5.16. The van der Waals surface area contributed by atoms with Crippen LogP contribution in [0.2, 0.25) is 0 Å². The van der Waals surface area contributed by atoms with Crippen LogP contribution in [-0.4, -0.2) is 7.05 Å². The van der Waals surface area contributed by atoms with E-state index in [9.17, 15) is 0 Å². The average Bonchev–Trinajstić information content (AvgIpc) is 2.91.